The van der Waals surface area contributed by atoms with E-state index in [2.05, 4.69) is 37.4 Å². The van der Waals surface area contributed by atoms with Gasteiger partial charge in [0.25, 0.3) is 5.91 Å². The van der Waals surface area contributed by atoms with Gasteiger partial charge in [0.15, 0.2) is 5.69 Å². The lowest BCUT2D eigenvalue weighted by atomic mass is 10.2. The second kappa shape index (κ2) is 6.38. The molecule has 1 aliphatic heterocycles. The molecular formula is C14H15N7O. The lowest BCUT2D eigenvalue weighted by Gasteiger charge is -2.15. The van der Waals surface area contributed by atoms with Crippen LogP contribution in [0.3, 0.4) is 0 Å². The third-order valence-corrected chi connectivity index (χ3v) is 3.74. The minimum Gasteiger partial charge on any atom is -0.297 e. The van der Waals surface area contributed by atoms with Crippen LogP contribution in [0.5, 0.6) is 0 Å². The summed E-state index contributed by atoms with van der Waals surface area (Å²) in [5, 5.41) is 10.8. The van der Waals surface area contributed by atoms with Crippen LogP contribution in [0.2, 0.25) is 0 Å². The molecule has 0 bridgehead atoms. The van der Waals surface area contributed by atoms with Gasteiger partial charge in [-0.25, -0.2) is 4.68 Å². The Balaban J connectivity index is 1.63. The third kappa shape index (κ3) is 3.13. The van der Waals surface area contributed by atoms with Crippen LogP contribution in [0, 0.1) is 0 Å². The number of amides is 1. The van der Waals surface area contributed by atoms with Crippen molar-refractivity contribution >= 4 is 5.91 Å². The zero-order chi connectivity index (χ0) is 15.4. The number of carbonyl (C=O) groups is 1. The molecule has 2 aromatic rings. The molecule has 1 saturated heterocycles. The summed E-state index contributed by atoms with van der Waals surface area (Å²) in [5.41, 5.74) is 9.63. The van der Waals surface area contributed by atoms with Crippen LogP contribution in [0.15, 0.2) is 41.6 Å². The van der Waals surface area contributed by atoms with Crippen LogP contribution >= 0.6 is 0 Å². The largest absolute Gasteiger partial charge is 0.297 e. The van der Waals surface area contributed by atoms with Gasteiger partial charge in [0, 0.05) is 24.5 Å². The molecule has 0 spiro atoms. The second-order valence-electron chi connectivity index (χ2n) is 5.24. The lowest BCUT2D eigenvalue weighted by Crippen LogP contribution is -2.21. The molecule has 1 atom stereocenters. The Morgan fingerprint density at radius 2 is 2.23 bits per heavy atom. The summed E-state index contributed by atoms with van der Waals surface area (Å²) in [6, 6.07) is 10.5. The Kier molecular flexibility index (Phi) is 4.13. The van der Waals surface area contributed by atoms with Crippen LogP contribution in [0.1, 0.15) is 28.5 Å². The number of hydrogen-bond acceptors (Lipinski definition) is 4. The average Bonchev–Trinajstić information content (AvgIpc) is 3.17. The molecule has 1 fully saturated rings. The van der Waals surface area contributed by atoms with Crippen molar-refractivity contribution in [2.75, 3.05) is 13.1 Å². The number of azide groups is 1. The zero-order valence-electron chi connectivity index (χ0n) is 11.9. The summed E-state index contributed by atoms with van der Waals surface area (Å²) in [7, 11) is 0. The van der Waals surface area contributed by atoms with Gasteiger partial charge in [-0.1, -0.05) is 35.5 Å². The van der Waals surface area contributed by atoms with Gasteiger partial charge >= 0.3 is 0 Å². The van der Waals surface area contributed by atoms with Gasteiger partial charge < -0.3 is 0 Å². The molecule has 1 unspecified atom stereocenters. The summed E-state index contributed by atoms with van der Waals surface area (Å²) in [4.78, 5) is 16.2. The number of nitrogens with zero attached hydrogens (tertiary/aromatic N) is 7. The molecule has 1 aliphatic rings. The normalized spacial score (nSPS) is 18.1. The molecule has 1 aromatic heterocycles. The van der Waals surface area contributed by atoms with Gasteiger partial charge in [-0.2, -0.15) is 0 Å². The monoisotopic (exact) mass is 297 g/mol. The molecule has 1 aromatic carbocycles. The van der Waals surface area contributed by atoms with Crippen molar-refractivity contribution in [3.8, 4) is 0 Å². The molecule has 8 heteroatoms. The number of aromatic nitrogens is 3. The Labute approximate surface area is 127 Å². The van der Waals surface area contributed by atoms with Crippen molar-refractivity contribution in [3.05, 3.63) is 58.2 Å². The summed E-state index contributed by atoms with van der Waals surface area (Å²) < 4.78 is 1.69. The van der Waals surface area contributed by atoms with E-state index in [1.165, 1.54) is 5.56 Å². The molecule has 112 valence electrons. The Morgan fingerprint density at radius 1 is 1.41 bits per heavy atom. The topological polar surface area (TPSA) is 99.8 Å². The molecule has 22 heavy (non-hydrogen) atoms. The third-order valence-electron chi connectivity index (χ3n) is 3.74. The minimum absolute atomic E-state index is 0.0827. The number of benzene rings is 1. The van der Waals surface area contributed by atoms with Crippen LogP contribution in [0.25, 0.3) is 10.4 Å². The molecule has 0 radical (unpaired) electrons. The van der Waals surface area contributed by atoms with Gasteiger partial charge in [-0.3, -0.25) is 9.69 Å². The molecule has 8 nitrogen and oxygen atoms in total. The van der Waals surface area contributed by atoms with Crippen molar-refractivity contribution < 1.29 is 4.79 Å². The quantitative estimate of drug-likeness (QED) is 0.490. The van der Waals surface area contributed by atoms with Crippen molar-refractivity contribution in [1.82, 2.24) is 19.9 Å². The SMILES string of the molecule is [N-]=[N+]=NC(=O)c1cn(C2CCN(Cc3ccccc3)C2)nn1. The van der Waals surface area contributed by atoms with E-state index in [1.54, 1.807) is 10.9 Å². The lowest BCUT2D eigenvalue weighted by molar-refractivity contribution is 0.0995. The van der Waals surface area contributed by atoms with Gasteiger partial charge in [-0.05, 0) is 22.6 Å². The van der Waals surface area contributed by atoms with Gasteiger partial charge in [0.2, 0.25) is 0 Å². The number of carbonyl (C=O) groups excluding carboxylic acids is 1. The van der Waals surface area contributed by atoms with Gasteiger partial charge in [-0.15, -0.1) is 5.10 Å². The first-order chi connectivity index (χ1) is 10.8. The van der Waals surface area contributed by atoms with E-state index in [9.17, 15) is 4.79 Å². The van der Waals surface area contributed by atoms with Crippen molar-refractivity contribution in [1.29, 1.82) is 0 Å². The van der Waals surface area contributed by atoms with Crippen molar-refractivity contribution in [3.63, 3.8) is 0 Å². The number of likely N-dealkylation sites (tertiary alicyclic amines) is 1. The molecule has 3 rings (SSSR count). The minimum atomic E-state index is -0.701. The van der Waals surface area contributed by atoms with E-state index < -0.39 is 5.91 Å². The Morgan fingerprint density at radius 3 is 3.00 bits per heavy atom. The molecule has 2 heterocycles. The first-order valence-electron chi connectivity index (χ1n) is 7.04. The maximum absolute atomic E-state index is 11.4. The highest BCUT2D eigenvalue weighted by Gasteiger charge is 2.25. The number of rotatable bonds is 4. The first-order valence-corrected chi connectivity index (χ1v) is 7.04. The predicted molar refractivity (Wildman–Crippen MR) is 78.9 cm³/mol. The maximum atomic E-state index is 11.4. The molecule has 0 aliphatic carbocycles. The average molecular weight is 297 g/mol. The van der Waals surface area contributed by atoms with E-state index in [0.717, 1.165) is 26.1 Å². The summed E-state index contributed by atoms with van der Waals surface area (Å²) in [5.74, 6) is -0.701. The maximum Gasteiger partial charge on any atom is 0.270 e. The van der Waals surface area contributed by atoms with E-state index in [1.807, 2.05) is 18.2 Å². The standard InChI is InChI=1S/C14H15N7O/c15-18-17-14(22)13-10-21(19-16-13)12-6-7-20(9-12)8-11-4-2-1-3-5-11/h1-5,10,12H,6-9H2. The summed E-state index contributed by atoms with van der Waals surface area (Å²) in [6.07, 6.45) is 2.50. The zero-order valence-corrected chi connectivity index (χ0v) is 11.9. The van der Waals surface area contributed by atoms with Crippen LogP contribution in [-0.2, 0) is 6.54 Å². The highest BCUT2D eigenvalue weighted by molar-refractivity contribution is 5.92. The van der Waals surface area contributed by atoms with Gasteiger partial charge in [0.05, 0.1) is 12.2 Å². The fourth-order valence-corrected chi connectivity index (χ4v) is 2.66. The van der Waals surface area contributed by atoms with E-state index in [0.29, 0.717) is 0 Å². The highest BCUT2D eigenvalue weighted by Crippen LogP contribution is 2.22. The summed E-state index contributed by atoms with van der Waals surface area (Å²) in [6.45, 7) is 2.73. The smallest absolute Gasteiger partial charge is 0.270 e. The van der Waals surface area contributed by atoms with E-state index in [4.69, 9.17) is 5.53 Å². The molecular weight excluding hydrogens is 282 g/mol. The van der Waals surface area contributed by atoms with Gasteiger partial charge in [0.1, 0.15) is 0 Å². The fraction of sp³-hybridized carbons (Fsp3) is 0.357. The van der Waals surface area contributed by atoms with Crippen LogP contribution in [-0.4, -0.2) is 38.9 Å². The first kappa shape index (κ1) is 14.2. The Hall–Kier alpha value is -2.70. The molecule has 1 amide bonds. The van der Waals surface area contributed by atoms with Crippen molar-refractivity contribution in [2.45, 2.75) is 19.0 Å². The number of hydrogen-bond donors (Lipinski definition) is 0. The van der Waals surface area contributed by atoms with Crippen LogP contribution in [0.4, 0.5) is 0 Å². The molecule has 0 saturated carbocycles. The predicted octanol–water partition coefficient (Wildman–Crippen LogP) is 2.18. The highest BCUT2D eigenvalue weighted by atomic mass is 16.2. The molecule has 0 N–H and O–H groups in total. The second-order valence-corrected chi connectivity index (χ2v) is 5.24. The summed E-state index contributed by atoms with van der Waals surface area (Å²) >= 11 is 0. The van der Waals surface area contributed by atoms with Crippen molar-refractivity contribution in [2.24, 2.45) is 5.11 Å². The van der Waals surface area contributed by atoms with E-state index >= 15 is 0 Å². The fourth-order valence-electron chi connectivity index (χ4n) is 2.66. The Bertz CT molecular complexity index is 705. The van der Waals surface area contributed by atoms with E-state index in [-0.39, 0.29) is 11.7 Å². The van der Waals surface area contributed by atoms with Crippen LogP contribution < -0.4 is 0 Å².